The van der Waals surface area contributed by atoms with Gasteiger partial charge in [-0.2, -0.15) is 10.2 Å². The van der Waals surface area contributed by atoms with Crippen LogP contribution in [0.1, 0.15) is 22.4 Å². The third kappa shape index (κ3) is 3.35. The summed E-state index contributed by atoms with van der Waals surface area (Å²) in [5, 5.41) is 12.3. The number of nitriles is 1. The number of nitrogens with zero attached hydrogens (tertiary/aromatic N) is 4. The SMILES string of the molecule is Cc1cc(Nc2cccc(C#N)c2)nc(N2CCc3ccccc3C2)n1. The second-order valence-corrected chi connectivity index (χ2v) is 6.45. The second-order valence-electron chi connectivity index (χ2n) is 6.45. The first-order valence-electron chi connectivity index (χ1n) is 8.66. The third-order valence-electron chi connectivity index (χ3n) is 4.52. The van der Waals surface area contributed by atoms with Crippen molar-refractivity contribution in [2.75, 3.05) is 16.8 Å². The zero-order valence-corrected chi connectivity index (χ0v) is 14.6. The van der Waals surface area contributed by atoms with Crippen molar-refractivity contribution in [3.05, 3.63) is 77.0 Å². The first-order valence-corrected chi connectivity index (χ1v) is 8.66. The lowest BCUT2D eigenvalue weighted by Crippen LogP contribution is -2.32. The van der Waals surface area contributed by atoms with Crippen LogP contribution in [0.4, 0.5) is 17.5 Å². The van der Waals surface area contributed by atoms with Crippen LogP contribution in [0, 0.1) is 18.3 Å². The van der Waals surface area contributed by atoms with Crippen LogP contribution in [-0.2, 0) is 13.0 Å². The van der Waals surface area contributed by atoms with E-state index >= 15 is 0 Å². The number of rotatable bonds is 3. The third-order valence-corrected chi connectivity index (χ3v) is 4.52. The largest absolute Gasteiger partial charge is 0.340 e. The average molecular weight is 341 g/mol. The van der Waals surface area contributed by atoms with E-state index in [1.54, 1.807) is 6.07 Å². The Bertz CT molecular complexity index is 990. The van der Waals surface area contributed by atoms with Gasteiger partial charge in [-0.25, -0.2) is 4.98 Å². The fourth-order valence-electron chi connectivity index (χ4n) is 3.24. The molecule has 0 saturated carbocycles. The number of anilines is 3. The summed E-state index contributed by atoms with van der Waals surface area (Å²) in [4.78, 5) is 11.5. The first kappa shape index (κ1) is 16.1. The van der Waals surface area contributed by atoms with Gasteiger partial charge < -0.3 is 10.2 Å². The highest BCUT2D eigenvalue weighted by Crippen LogP contribution is 2.24. The minimum atomic E-state index is 0.619. The molecule has 0 saturated heterocycles. The van der Waals surface area contributed by atoms with Crippen molar-refractivity contribution in [3.8, 4) is 6.07 Å². The molecular weight excluding hydrogens is 322 g/mol. The lowest BCUT2D eigenvalue weighted by Gasteiger charge is -2.29. The molecule has 4 rings (SSSR count). The summed E-state index contributed by atoms with van der Waals surface area (Å²) < 4.78 is 0. The molecule has 0 radical (unpaired) electrons. The van der Waals surface area contributed by atoms with E-state index < -0.39 is 0 Å². The molecule has 5 nitrogen and oxygen atoms in total. The first-order chi connectivity index (χ1) is 12.7. The van der Waals surface area contributed by atoms with Gasteiger partial charge in [0.2, 0.25) is 5.95 Å². The Kier molecular flexibility index (Phi) is 4.24. The number of hydrogen-bond donors (Lipinski definition) is 1. The molecule has 2 aromatic carbocycles. The van der Waals surface area contributed by atoms with Crippen LogP contribution in [0.2, 0.25) is 0 Å². The molecule has 1 aromatic heterocycles. The summed E-state index contributed by atoms with van der Waals surface area (Å²) in [6.45, 7) is 3.70. The topological polar surface area (TPSA) is 64.8 Å². The quantitative estimate of drug-likeness (QED) is 0.781. The van der Waals surface area contributed by atoms with E-state index in [-0.39, 0.29) is 0 Å². The highest BCUT2D eigenvalue weighted by molar-refractivity contribution is 5.60. The van der Waals surface area contributed by atoms with Crippen molar-refractivity contribution in [3.63, 3.8) is 0 Å². The predicted molar refractivity (Wildman–Crippen MR) is 102 cm³/mol. The van der Waals surface area contributed by atoms with Gasteiger partial charge in [0, 0.05) is 30.5 Å². The van der Waals surface area contributed by atoms with E-state index in [0.717, 1.165) is 42.7 Å². The lowest BCUT2D eigenvalue weighted by molar-refractivity contribution is 0.706. The highest BCUT2D eigenvalue weighted by Gasteiger charge is 2.18. The standard InChI is InChI=1S/C21H19N5/c1-15-11-20(24-19-8-4-5-16(12-19)13-22)25-21(23-15)26-10-9-17-6-2-3-7-18(17)14-26/h2-8,11-12H,9-10,14H2,1H3,(H,23,24,25). The van der Waals surface area contributed by atoms with Crippen LogP contribution in [-0.4, -0.2) is 16.5 Å². The molecule has 3 aromatic rings. The molecule has 26 heavy (non-hydrogen) atoms. The Hall–Kier alpha value is -3.39. The molecule has 0 atom stereocenters. The van der Waals surface area contributed by atoms with E-state index in [0.29, 0.717) is 5.56 Å². The summed E-state index contributed by atoms with van der Waals surface area (Å²) in [5.41, 5.74) is 5.11. The molecule has 0 spiro atoms. The average Bonchev–Trinajstić information content (AvgIpc) is 2.67. The maximum Gasteiger partial charge on any atom is 0.227 e. The number of aryl methyl sites for hydroxylation is 1. The molecule has 0 unspecified atom stereocenters. The van der Waals surface area contributed by atoms with Crippen molar-refractivity contribution in [2.45, 2.75) is 19.9 Å². The summed E-state index contributed by atoms with van der Waals surface area (Å²) in [6, 6.07) is 20.0. The Labute approximate surface area is 153 Å². The van der Waals surface area contributed by atoms with Crippen molar-refractivity contribution in [1.29, 1.82) is 5.26 Å². The summed E-state index contributed by atoms with van der Waals surface area (Å²) in [6.07, 6.45) is 1.00. The van der Waals surface area contributed by atoms with Crippen molar-refractivity contribution in [2.24, 2.45) is 0 Å². The van der Waals surface area contributed by atoms with Gasteiger partial charge in [-0.05, 0) is 42.7 Å². The van der Waals surface area contributed by atoms with Gasteiger partial charge in [0.15, 0.2) is 0 Å². The number of benzene rings is 2. The maximum absolute atomic E-state index is 9.06. The molecule has 5 heteroatoms. The van der Waals surface area contributed by atoms with Crippen LogP contribution in [0.25, 0.3) is 0 Å². The van der Waals surface area contributed by atoms with Gasteiger partial charge in [-0.3, -0.25) is 0 Å². The maximum atomic E-state index is 9.06. The van der Waals surface area contributed by atoms with Crippen LogP contribution >= 0.6 is 0 Å². The van der Waals surface area contributed by atoms with Gasteiger partial charge in [0.25, 0.3) is 0 Å². The predicted octanol–water partition coefficient (Wildman–Crippen LogP) is 3.96. The highest BCUT2D eigenvalue weighted by atomic mass is 15.3. The second kappa shape index (κ2) is 6.85. The van der Waals surface area contributed by atoms with E-state index in [1.807, 2.05) is 31.2 Å². The van der Waals surface area contributed by atoms with Crippen molar-refractivity contribution < 1.29 is 0 Å². The molecule has 0 fully saturated rings. The van der Waals surface area contributed by atoms with E-state index in [4.69, 9.17) is 10.2 Å². The van der Waals surface area contributed by atoms with Crippen molar-refractivity contribution >= 4 is 17.5 Å². The molecule has 0 aliphatic carbocycles. The normalized spacial score (nSPS) is 13.0. The van der Waals surface area contributed by atoms with E-state index in [1.165, 1.54) is 11.1 Å². The van der Waals surface area contributed by atoms with Crippen molar-refractivity contribution in [1.82, 2.24) is 9.97 Å². The van der Waals surface area contributed by atoms with Crippen LogP contribution in [0.15, 0.2) is 54.6 Å². The molecule has 1 N–H and O–H groups in total. The number of aromatic nitrogens is 2. The Morgan fingerprint density at radius 3 is 2.73 bits per heavy atom. The zero-order chi connectivity index (χ0) is 17.9. The fourth-order valence-corrected chi connectivity index (χ4v) is 3.24. The molecule has 128 valence electrons. The van der Waals surface area contributed by atoms with Crippen LogP contribution < -0.4 is 10.2 Å². The molecule has 1 aliphatic rings. The van der Waals surface area contributed by atoms with Gasteiger partial charge in [0.1, 0.15) is 5.82 Å². The van der Waals surface area contributed by atoms with Gasteiger partial charge in [0.05, 0.1) is 11.6 Å². The Balaban J connectivity index is 1.60. The van der Waals surface area contributed by atoms with Gasteiger partial charge in [-0.15, -0.1) is 0 Å². The molecule has 0 bridgehead atoms. The molecular formula is C21H19N5. The van der Waals surface area contributed by atoms with Crippen LogP contribution in [0.5, 0.6) is 0 Å². The summed E-state index contributed by atoms with van der Waals surface area (Å²) in [7, 11) is 0. The monoisotopic (exact) mass is 341 g/mol. The smallest absolute Gasteiger partial charge is 0.227 e. The van der Waals surface area contributed by atoms with Gasteiger partial charge >= 0.3 is 0 Å². The van der Waals surface area contributed by atoms with E-state index in [2.05, 4.69) is 45.5 Å². The fraction of sp³-hybridized carbons (Fsp3) is 0.190. The lowest BCUT2D eigenvalue weighted by atomic mass is 10.0. The molecule has 0 amide bonds. The zero-order valence-electron chi connectivity index (χ0n) is 14.6. The minimum Gasteiger partial charge on any atom is -0.340 e. The summed E-state index contributed by atoms with van der Waals surface area (Å²) >= 11 is 0. The molecule has 1 aliphatic heterocycles. The Morgan fingerprint density at radius 2 is 1.88 bits per heavy atom. The Morgan fingerprint density at radius 1 is 1.04 bits per heavy atom. The number of hydrogen-bond acceptors (Lipinski definition) is 5. The molecule has 2 heterocycles. The van der Waals surface area contributed by atoms with Crippen LogP contribution in [0.3, 0.4) is 0 Å². The summed E-state index contributed by atoms with van der Waals surface area (Å²) in [5.74, 6) is 1.47. The minimum absolute atomic E-state index is 0.619. The van der Waals surface area contributed by atoms with Gasteiger partial charge in [-0.1, -0.05) is 30.3 Å². The number of nitrogens with one attached hydrogen (secondary N) is 1. The number of fused-ring (bicyclic) bond motifs is 1. The van der Waals surface area contributed by atoms with E-state index in [9.17, 15) is 0 Å².